The summed E-state index contributed by atoms with van der Waals surface area (Å²) >= 11 is 0. The number of aliphatic hydroxyl groups is 1. The van der Waals surface area contributed by atoms with Gasteiger partial charge in [-0.15, -0.1) is 0 Å². The molecule has 0 saturated carbocycles. The Balaban J connectivity index is 2.62. The predicted octanol–water partition coefficient (Wildman–Crippen LogP) is 1.20. The van der Waals surface area contributed by atoms with E-state index in [1.807, 2.05) is 12.1 Å². The van der Waals surface area contributed by atoms with E-state index in [4.69, 9.17) is 5.11 Å². The summed E-state index contributed by atoms with van der Waals surface area (Å²) < 4.78 is 0. The van der Waals surface area contributed by atoms with Crippen molar-refractivity contribution >= 4 is 12.3 Å². The Hall–Kier alpha value is -1.68. The number of carbonyl (C=O) groups excluding carboxylic acids is 1. The SMILES string of the molecule is CC(O)(C=O)Cc1ccc(CCC(=O)O)cc1. The molecule has 0 aliphatic heterocycles. The van der Waals surface area contributed by atoms with E-state index in [0.717, 1.165) is 11.1 Å². The summed E-state index contributed by atoms with van der Waals surface area (Å²) in [5.41, 5.74) is 0.436. The maximum absolute atomic E-state index is 10.6. The van der Waals surface area contributed by atoms with Crippen LogP contribution in [0.25, 0.3) is 0 Å². The maximum atomic E-state index is 10.6. The van der Waals surface area contributed by atoms with Gasteiger partial charge in [-0.1, -0.05) is 24.3 Å². The van der Waals surface area contributed by atoms with Gasteiger partial charge in [-0.3, -0.25) is 4.79 Å². The van der Waals surface area contributed by atoms with E-state index in [2.05, 4.69) is 0 Å². The number of rotatable bonds is 6. The molecule has 1 unspecified atom stereocenters. The minimum absolute atomic E-state index is 0.103. The first-order valence-corrected chi connectivity index (χ1v) is 5.41. The Bertz CT molecular complexity index is 392. The fraction of sp³-hybridized carbons (Fsp3) is 0.385. The summed E-state index contributed by atoms with van der Waals surface area (Å²) in [5, 5.41) is 18.1. The van der Waals surface area contributed by atoms with Gasteiger partial charge in [0.25, 0.3) is 0 Å². The van der Waals surface area contributed by atoms with E-state index >= 15 is 0 Å². The van der Waals surface area contributed by atoms with Crippen LogP contribution >= 0.6 is 0 Å². The third-order valence-electron chi connectivity index (χ3n) is 2.47. The Morgan fingerprint density at radius 1 is 1.29 bits per heavy atom. The number of aldehydes is 1. The van der Waals surface area contributed by atoms with E-state index in [0.29, 0.717) is 12.7 Å². The molecule has 0 aliphatic carbocycles. The molecule has 0 radical (unpaired) electrons. The number of benzene rings is 1. The predicted molar refractivity (Wildman–Crippen MR) is 62.8 cm³/mol. The van der Waals surface area contributed by atoms with Crippen LogP contribution in [0.3, 0.4) is 0 Å². The second-order valence-corrected chi connectivity index (χ2v) is 4.36. The van der Waals surface area contributed by atoms with Gasteiger partial charge in [0.15, 0.2) is 6.29 Å². The summed E-state index contributed by atoms with van der Waals surface area (Å²) in [6, 6.07) is 7.24. The molecule has 0 aromatic heterocycles. The van der Waals surface area contributed by atoms with Crippen molar-refractivity contribution in [3.8, 4) is 0 Å². The largest absolute Gasteiger partial charge is 0.481 e. The van der Waals surface area contributed by atoms with E-state index in [-0.39, 0.29) is 12.8 Å². The molecular formula is C13H16O4. The molecule has 0 aliphatic rings. The average Bonchev–Trinajstić information content (AvgIpc) is 2.28. The second-order valence-electron chi connectivity index (χ2n) is 4.36. The molecule has 1 rings (SSSR count). The third kappa shape index (κ3) is 4.78. The monoisotopic (exact) mass is 236 g/mol. The van der Waals surface area contributed by atoms with Gasteiger partial charge in [-0.2, -0.15) is 0 Å². The summed E-state index contributed by atoms with van der Waals surface area (Å²) in [4.78, 5) is 21.0. The molecule has 4 nitrogen and oxygen atoms in total. The van der Waals surface area contributed by atoms with Crippen molar-refractivity contribution in [3.05, 3.63) is 35.4 Å². The molecule has 0 heterocycles. The van der Waals surface area contributed by atoms with E-state index in [1.165, 1.54) is 6.92 Å². The van der Waals surface area contributed by atoms with Gasteiger partial charge in [0, 0.05) is 12.8 Å². The standard InChI is InChI=1S/C13H16O4/c1-13(17,9-14)8-11-4-2-10(3-5-11)6-7-12(15)16/h2-5,9,17H,6-8H2,1H3,(H,15,16). The molecule has 17 heavy (non-hydrogen) atoms. The van der Waals surface area contributed by atoms with E-state index < -0.39 is 11.6 Å². The van der Waals surface area contributed by atoms with Gasteiger partial charge >= 0.3 is 5.97 Å². The molecule has 4 heteroatoms. The number of aryl methyl sites for hydroxylation is 1. The van der Waals surface area contributed by atoms with Crippen LogP contribution in [-0.4, -0.2) is 28.1 Å². The van der Waals surface area contributed by atoms with Crippen LogP contribution in [0.15, 0.2) is 24.3 Å². The first-order valence-electron chi connectivity index (χ1n) is 5.41. The first kappa shape index (κ1) is 13.4. The van der Waals surface area contributed by atoms with Crippen LogP contribution in [0.2, 0.25) is 0 Å². The topological polar surface area (TPSA) is 74.6 Å². The highest BCUT2D eigenvalue weighted by molar-refractivity contribution is 5.67. The van der Waals surface area contributed by atoms with Crippen LogP contribution in [0.1, 0.15) is 24.5 Å². The number of aliphatic carboxylic acids is 1. The molecular weight excluding hydrogens is 220 g/mol. The van der Waals surface area contributed by atoms with Crippen molar-refractivity contribution in [2.45, 2.75) is 31.8 Å². The summed E-state index contributed by atoms with van der Waals surface area (Å²) in [7, 11) is 0. The van der Waals surface area contributed by atoms with Gasteiger partial charge in [0.2, 0.25) is 0 Å². The smallest absolute Gasteiger partial charge is 0.303 e. The van der Waals surface area contributed by atoms with E-state index in [9.17, 15) is 14.7 Å². The van der Waals surface area contributed by atoms with Crippen molar-refractivity contribution in [2.75, 3.05) is 0 Å². The van der Waals surface area contributed by atoms with Crippen molar-refractivity contribution in [2.24, 2.45) is 0 Å². The summed E-state index contributed by atoms with van der Waals surface area (Å²) in [5.74, 6) is -0.821. The van der Waals surface area contributed by atoms with Crippen molar-refractivity contribution in [1.82, 2.24) is 0 Å². The lowest BCUT2D eigenvalue weighted by Crippen LogP contribution is -2.28. The lowest BCUT2D eigenvalue weighted by Gasteiger charge is -2.15. The lowest BCUT2D eigenvalue weighted by molar-refractivity contribution is -0.137. The van der Waals surface area contributed by atoms with Crippen LogP contribution in [0, 0.1) is 0 Å². The highest BCUT2D eigenvalue weighted by atomic mass is 16.4. The van der Waals surface area contributed by atoms with Crippen molar-refractivity contribution in [3.63, 3.8) is 0 Å². The fourth-order valence-electron chi connectivity index (χ4n) is 1.53. The Morgan fingerprint density at radius 2 is 1.82 bits per heavy atom. The van der Waals surface area contributed by atoms with Crippen molar-refractivity contribution in [1.29, 1.82) is 0 Å². The van der Waals surface area contributed by atoms with E-state index in [1.54, 1.807) is 12.1 Å². The molecule has 0 fully saturated rings. The highest BCUT2D eigenvalue weighted by Crippen LogP contribution is 2.13. The molecule has 0 spiro atoms. The van der Waals surface area contributed by atoms with Gasteiger partial charge in [-0.25, -0.2) is 0 Å². The number of hydrogen-bond donors (Lipinski definition) is 2. The molecule has 1 aromatic carbocycles. The van der Waals surface area contributed by atoms with Gasteiger partial charge in [0.05, 0.1) is 0 Å². The number of carboxylic acids is 1. The van der Waals surface area contributed by atoms with Gasteiger partial charge in [-0.05, 0) is 24.5 Å². The number of carboxylic acid groups (broad SMARTS) is 1. The lowest BCUT2D eigenvalue weighted by atomic mass is 9.97. The van der Waals surface area contributed by atoms with Crippen molar-refractivity contribution < 1.29 is 19.8 Å². The Kier molecular flexibility index (Phi) is 4.40. The fourth-order valence-corrected chi connectivity index (χ4v) is 1.53. The van der Waals surface area contributed by atoms with Crippen LogP contribution in [0.5, 0.6) is 0 Å². The quantitative estimate of drug-likeness (QED) is 0.728. The molecule has 1 aromatic rings. The molecule has 0 saturated heterocycles. The van der Waals surface area contributed by atoms with Crippen LogP contribution < -0.4 is 0 Å². The molecule has 2 N–H and O–H groups in total. The zero-order valence-electron chi connectivity index (χ0n) is 9.72. The molecule has 0 bridgehead atoms. The van der Waals surface area contributed by atoms with Crippen LogP contribution in [-0.2, 0) is 22.4 Å². The van der Waals surface area contributed by atoms with Gasteiger partial charge in [0.1, 0.15) is 5.60 Å². The normalized spacial score (nSPS) is 14.0. The zero-order chi connectivity index (χ0) is 12.9. The molecule has 1 atom stereocenters. The Labute approximate surface area is 99.9 Å². The molecule has 0 amide bonds. The highest BCUT2D eigenvalue weighted by Gasteiger charge is 2.19. The number of carbonyl (C=O) groups is 2. The first-order chi connectivity index (χ1) is 7.93. The minimum atomic E-state index is -1.34. The zero-order valence-corrected chi connectivity index (χ0v) is 9.72. The van der Waals surface area contributed by atoms with Gasteiger partial charge < -0.3 is 15.0 Å². The summed E-state index contributed by atoms with van der Waals surface area (Å²) in [6.45, 7) is 1.46. The minimum Gasteiger partial charge on any atom is -0.481 e. The summed E-state index contributed by atoms with van der Waals surface area (Å²) in [6.07, 6.45) is 1.37. The number of hydrogen-bond acceptors (Lipinski definition) is 3. The molecule has 92 valence electrons. The van der Waals surface area contributed by atoms with Crippen LogP contribution in [0.4, 0.5) is 0 Å². The Morgan fingerprint density at radius 3 is 2.29 bits per heavy atom. The average molecular weight is 236 g/mol. The third-order valence-corrected chi connectivity index (χ3v) is 2.47. The maximum Gasteiger partial charge on any atom is 0.303 e. The second kappa shape index (κ2) is 5.59.